The number of aromatic nitrogens is 1. The van der Waals surface area contributed by atoms with E-state index in [-0.39, 0.29) is 5.82 Å². The number of rotatable bonds is 2. The Morgan fingerprint density at radius 2 is 1.76 bits per heavy atom. The summed E-state index contributed by atoms with van der Waals surface area (Å²) >= 11 is 0. The van der Waals surface area contributed by atoms with Gasteiger partial charge in [-0.05, 0) is 72.4 Å². The fraction of sp³-hybridized carbons (Fsp3) is 0.318. The Morgan fingerprint density at radius 3 is 2.56 bits per heavy atom. The first-order valence-corrected chi connectivity index (χ1v) is 9.24. The minimum absolute atomic E-state index is 0.188. The van der Waals surface area contributed by atoms with Crippen molar-refractivity contribution in [3.63, 3.8) is 0 Å². The number of benzene rings is 2. The van der Waals surface area contributed by atoms with E-state index in [1.807, 2.05) is 18.3 Å². The van der Waals surface area contributed by atoms with E-state index in [0.717, 1.165) is 12.2 Å². The molecule has 0 unspecified atom stereocenters. The summed E-state index contributed by atoms with van der Waals surface area (Å²) in [4.78, 5) is 4.40. The van der Waals surface area contributed by atoms with Gasteiger partial charge in [-0.3, -0.25) is 4.99 Å². The third kappa shape index (κ3) is 2.50. The number of hydrogen-bond donors (Lipinski definition) is 0. The Labute approximate surface area is 147 Å². The summed E-state index contributed by atoms with van der Waals surface area (Å²) in [5, 5.41) is 1.27. The van der Waals surface area contributed by atoms with E-state index in [4.69, 9.17) is 0 Å². The van der Waals surface area contributed by atoms with E-state index >= 15 is 0 Å². The molecule has 0 N–H and O–H groups in total. The van der Waals surface area contributed by atoms with Gasteiger partial charge in [-0.15, -0.1) is 0 Å². The first-order valence-electron chi connectivity index (χ1n) is 9.24. The number of fused-ring (bicyclic) bond motifs is 2. The number of halogens is 1. The number of hydrogen-bond acceptors (Lipinski definition) is 1. The van der Waals surface area contributed by atoms with Crippen LogP contribution in [0.25, 0.3) is 16.6 Å². The summed E-state index contributed by atoms with van der Waals surface area (Å²) in [6.45, 7) is 0.783. The summed E-state index contributed by atoms with van der Waals surface area (Å²) in [6, 6.07) is 13.8. The molecule has 1 aliphatic heterocycles. The molecule has 5 rings (SSSR count). The Balaban J connectivity index is 1.75. The Hall–Kier alpha value is -2.42. The van der Waals surface area contributed by atoms with Crippen LogP contribution in [0.1, 0.15) is 54.8 Å². The molecule has 3 aromatic rings. The van der Waals surface area contributed by atoms with Crippen molar-refractivity contribution in [2.75, 3.05) is 0 Å². The monoisotopic (exact) mass is 332 g/mol. The van der Waals surface area contributed by atoms with Gasteiger partial charge < -0.3 is 4.57 Å². The predicted octanol–water partition coefficient (Wildman–Crippen LogP) is 5.75. The van der Waals surface area contributed by atoms with Crippen molar-refractivity contribution in [3.05, 3.63) is 65.1 Å². The van der Waals surface area contributed by atoms with Crippen molar-refractivity contribution >= 4 is 17.1 Å². The largest absolute Gasteiger partial charge is 0.313 e. The molecule has 2 aliphatic rings. The van der Waals surface area contributed by atoms with Crippen molar-refractivity contribution in [3.8, 4) is 5.69 Å². The van der Waals surface area contributed by atoms with Crippen LogP contribution in [0.15, 0.2) is 47.5 Å². The fourth-order valence-corrected chi connectivity index (χ4v) is 4.42. The molecule has 1 aliphatic carbocycles. The molecule has 25 heavy (non-hydrogen) atoms. The van der Waals surface area contributed by atoms with Gasteiger partial charge in [0.1, 0.15) is 5.82 Å². The van der Waals surface area contributed by atoms with Gasteiger partial charge in [0.25, 0.3) is 0 Å². The predicted molar refractivity (Wildman–Crippen MR) is 100 cm³/mol. The highest BCUT2D eigenvalue weighted by Gasteiger charge is 2.22. The maximum atomic E-state index is 13.5. The van der Waals surface area contributed by atoms with Crippen LogP contribution in [-0.4, -0.2) is 10.8 Å². The minimum Gasteiger partial charge on any atom is -0.313 e. The van der Waals surface area contributed by atoms with Gasteiger partial charge >= 0.3 is 0 Å². The Bertz CT molecular complexity index is 960. The first-order chi connectivity index (χ1) is 12.3. The van der Waals surface area contributed by atoms with Crippen molar-refractivity contribution in [2.45, 2.75) is 44.6 Å². The second-order valence-electron chi connectivity index (χ2n) is 7.30. The highest BCUT2D eigenvalue weighted by Crippen LogP contribution is 2.38. The minimum atomic E-state index is -0.188. The molecule has 1 saturated carbocycles. The van der Waals surface area contributed by atoms with E-state index in [1.54, 1.807) is 12.1 Å². The lowest BCUT2D eigenvalue weighted by atomic mass is 9.87. The van der Waals surface area contributed by atoms with E-state index in [0.29, 0.717) is 5.92 Å². The van der Waals surface area contributed by atoms with Crippen LogP contribution < -0.4 is 0 Å². The zero-order chi connectivity index (χ0) is 16.8. The topological polar surface area (TPSA) is 17.3 Å². The standard InChI is InChI=1S/C22H21FN2/c23-19-6-8-20(9-7-19)25-21(15-4-2-1-3-5-15)11-16-10-17-13-24-14-18(17)12-22(16)25/h6-12,14-15H,1-5,13H2. The molecule has 2 heterocycles. The lowest BCUT2D eigenvalue weighted by Gasteiger charge is -2.24. The molecule has 1 aromatic heterocycles. The van der Waals surface area contributed by atoms with Gasteiger partial charge in [0, 0.05) is 23.0 Å². The zero-order valence-electron chi connectivity index (χ0n) is 14.2. The Kier molecular flexibility index (Phi) is 3.47. The molecule has 126 valence electrons. The van der Waals surface area contributed by atoms with Gasteiger partial charge in [-0.25, -0.2) is 4.39 Å². The summed E-state index contributed by atoms with van der Waals surface area (Å²) < 4.78 is 15.8. The zero-order valence-corrected chi connectivity index (χ0v) is 14.2. The summed E-state index contributed by atoms with van der Waals surface area (Å²) in [5.41, 5.74) is 6.15. The third-order valence-electron chi connectivity index (χ3n) is 5.69. The van der Waals surface area contributed by atoms with Crippen LogP contribution in [0, 0.1) is 5.82 Å². The molecule has 2 nitrogen and oxygen atoms in total. The van der Waals surface area contributed by atoms with Crippen molar-refractivity contribution < 1.29 is 4.39 Å². The SMILES string of the molecule is Fc1ccc(-n2c(C3CCCCC3)cc3cc4c(cc32)C=NC4)cc1. The maximum absolute atomic E-state index is 13.5. The number of nitrogens with zero attached hydrogens (tertiary/aromatic N) is 2. The van der Waals surface area contributed by atoms with E-state index in [2.05, 4.69) is 27.8 Å². The van der Waals surface area contributed by atoms with Crippen LogP contribution in [0.5, 0.6) is 0 Å². The summed E-state index contributed by atoms with van der Waals surface area (Å²) in [5.74, 6) is 0.405. The molecule has 0 spiro atoms. The van der Waals surface area contributed by atoms with Crippen LogP contribution in [0.3, 0.4) is 0 Å². The molecule has 2 aromatic carbocycles. The van der Waals surface area contributed by atoms with E-state index in [1.165, 1.54) is 59.8 Å². The fourth-order valence-electron chi connectivity index (χ4n) is 4.42. The van der Waals surface area contributed by atoms with Crippen molar-refractivity contribution in [1.29, 1.82) is 0 Å². The average Bonchev–Trinajstić information content (AvgIpc) is 3.25. The highest BCUT2D eigenvalue weighted by atomic mass is 19.1. The normalized spacial score (nSPS) is 17.3. The van der Waals surface area contributed by atoms with Gasteiger partial charge in [0.05, 0.1) is 12.1 Å². The smallest absolute Gasteiger partial charge is 0.123 e. The lowest BCUT2D eigenvalue weighted by molar-refractivity contribution is 0.434. The average molecular weight is 332 g/mol. The van der Waals surface area contributed by atoms with Crippen LogP contribution in [-0.2, 0) is 6.54 Å². The Morgan fingerprint density at radius 1 is 0.960 bits per heavy atom. The van der Waals surface area contributed by atoms with E-state index in [9.17, 15) is 4.39 Å². The van der Waals surface area contributed by atoms with Gasteiger partial charge in [-0.1, -0.05) is 19.3 Å². The van der Waals surface area contributed by atoms with Crippen LogP contribution >= 0.6 is 0 Å². The van der Waals surface area contributed by atoms with Crippen LogP contribution in [0.2, 0.25) is 0 Å². The molecular weight excluding hydrogens is 311 g/mol. The molecule has 3 heteroatoms. The molecule has 0 bridgehead atoms. The molecule has 0 amide bonds. The molecule has 0 saturated heterocycles. The second-order valence-corrected chi connectivity index (χ2v) is 7.30. The number of aliphatic imine (C=N–C) groups is 1. The van der Waals surface area contributed by atoms with Gasteiger partial charge in [0.2, 0.25) is 0 Å². The van der Waals surface area contributed by atoms with Crippen molar-refractivity contribution in [1.82, 2.24) is 4.57 Å². The highest BCUT2D eigenvalue weighted by molar-refractivity contribution is 5.94. The molecule has 0 atom stereocenters. The quantitative estimate of drug-likeness (QED) is 0.568. The van der Waals surface area contributed by atoms with Crippen molar-refractivity contribution in [2.24, 2.45) is 4.99 Å². The van der Waals surface area contributed by atoms with E-state index < -0.39 is 0 Å². The summed E-state index contributed by atoms with van der Waals surface area (Å²) in [6.07, 6.45) is 8.42. The molecule has 0 radical (unpaired) electrons. The first kappa shape index (κ1) is 14.9. The third-order valence-corrected chi connectivity index (χ3v) is 5.69. The molecule has 1 fully saturated rings. The van der Waals surface area contributed by atoms with Crippen LogP contribution in [0.4, 0.5) is 4.39 Å². The van der Waals surface area contributed by atoms with Gasteiger partial charge in [0.15, 0.2) is 0 Å². The molecular formula is C22H21FN2. The maximum Gasteiger partial charge on any atom is 0.123 e. The van der Waals surface area contributed by atoms with Gasteiger partial charge in [-0.2, -0.15) is 0 Å². The lowest BCUT2D eigenvalue weighted by Crippen LogP contribution is -2.10. The second kappa shape index (κ2) is 5.83. The summed E-state index contributed by atoms with van der Waals surface area (Å²) in [7, 11) is 0.